The quantitative estimate of drug-likeness (QED) is 0.889. The van der Waals surface area contributed by atoms with Crippen molar-refractivity contribution in [2.24, 2.45) is 0 Å². The number of benzene rings is 1. The average molecular weight is 312 g/mol. The van der Waals surface area contributed by atoms with Gasteiger partial charge in [-0.05, 0) is 45.0 Å². The molecule has 0 amide bonds. The van der Waals surface area contributed by atoms with Crippen LogP contribution in [0.15, 0.2) is 22.7 Å². The third-order valence-electron chi connectivity index (χ3n) is 3.19. The number of nitrogens with zero attached hydrogens (tertiary/aromatic N) is 2. The van der Waals surface area contributed by atoms with Crippen LogP contribution in [0.3, 0.4) is 0 Å². The van der Waals surface area contributed by atoms with Crippen LogP contribution in [0.4, 0.5) is 0 Å². The van der Waals surface area contributed by atoms with Crippen molar-refractivity contribution in [3.05, 3.63) is 41.0 Å². The van der Waals surface area contributed by atoms with Gasteiger partial charge >= 0.3 is 0 Å². The number of nitrogens with one attached hydrogen (secondary N) is 1. The van der Waals surface area contributed by atoms with E-state index < -0.39 is 0 Å². The molecule has 2 rings (SSSR count). The third kappa shape index (κ3) is 5.02. The van der Waals surface area contributed by atoms with Gasteiger partial charge in [-0.3, -0.25) is 0 Å². The Balaban J connectivity index is 0.00000220. The maximum atomic E-state index is 5.74. The number of hydrogen-bond acceptors (Lipinski definition) is 5. The molecule has 0 radical (unpaired) electrons. The highest BCUT2D eigenvalue weighted by Gasteiger charge is 2.10. The summed E-state index contributed by atoms with van der Waals surface area (Å²) in [6.45, 7) is 6.42. The van der Waals surface area contributed by atoms with Gasteiger partial charge < -0.3 is 14.6 Å². The lowest BCUT2D eigenvalue weighted by Gasteiger charge is -2.07. The SMILES string of the molecule is CNC(C)Cc1noc(COc2cc(C)ccc2C)n1.Cl. The zero-order valence-electron chi connectivity index (χ0n) is 12.8. The first-order valence-electron chi connectivity index (χ1n) is 6.77. The van der Waals surface area contributed by atoms with Crippen molar-refractivity contribution in [1.29, 1.82) is 0 Å². The first-order valence-corrected chi connectivity index (χ1v) is 6.77. The Morgan fingerprint density at radius 3 is 2.81 bits per heavy atom. The van der Waals surface area contributed by atoms with Gasteiger partial charge in [0.05, 0.1) is 0 Å². The molecule has 1 heterocycles. The molecule has 2 aromatic rings. The van der Waals surface area contributed by atoms with E-state index in [0.717, 1.165) is 17.7 Å². The predicted molar refractivity (Wildman–Crippen MR) is 84.0 cm³/mol. The summed E-state index contributed by atoms with van der Waals surface area (Å²) in [5.74, 6) is 2.06. The Morgan fingerprint density at radius 2 is 2.10 bits per heavy atom. The maximum absolute atomic E-state index is 5.74. The highest BCUT2D eigenvalue weighted by Crippen LogP contribution is 2.20. The van der Waals surface area contributed by atoms with Gasteiger partial charge in [-0.25, -0.2) is 0 Å². The number of rotatable bonds is 6. The normalized spacial score (nSPS) is 11.8. The van der Waals surface area contributed by atoms with E-state index in [4.69, 9.17) is 9.26 Å². The summed E-state index contributed by atoms with van der Waals surface area (Å²) in [6.07, 6.45) is 0.740. The Labute approximate surface area is 131 Å². The molecule has 6 heteroatoms. The summed E-state index contributed by atoms with van der Waals surface area (Å²) in [6, 6.07) is 6.43. The molecule has 1 unspecified atom stereocenters. The molecule has 0 bridgehead atoms. The van der Waals surface area contributed by atoms with Crippen LogP contribution >= 0.6 is 12.4 Å². The third-order valence-corrected chi connectivity index (χ3v) is 3.19. The van der Waals surface area contributed by atoms with Crippen molar-refractivity contribution < 1.29 is 9.26 Å². The molecule has 0 aliphatic rings. The minimum atomic E-state index is 0. The van der Waals surface area contributed by atoms with E-state index in [9.17, 15) is 0 Å². The molecule has 1 aromatic heterocycles. The van der Waals surface area contributed by atoms with Gasteiger partial charge in [-0.15, -0.1) is 12.4 Å². The zero-order valence-corrected chi connectivity index (χ0v) is 13.7. The molecule has 1 aromatic carbocycles. The summed E-state index contributed by atoms with van der Waals surface area (Å²) in [7, 11) is 1.91. The zero-order chi connectivity index (χ0) is 14.5. The Bertz CT molecular complexity index is 572. The summed E-state index contributed by atoms with van der Waals surface area (Å²) in [4.78, 5) is 4.32. The molecule has 0 saturated heterocycles. The molecule has 116 valence electrons. The number of aryl methyl sites for hydroxylation is 2. The fraction of sp³-hybridized carbons (Fsp3) is 0.467. The van der Waals surface area contributed by atoms with Crippen molar-refractivity contribution in [3.63, 3.8) is 0 Å². The molecule has 0 aliphatic heterocycles. The Hall–Kier alpha value is -1.59. The van der Waals surface area contributed by atoms with Crippen LogP contribution in [0, 0.1) is 13.8 Å². The first kappa shape index (κ1) is 17.5. The number of hydrogen-bond donors (Lipinski definition) is 1. The lowest BCUT2D eigenvalue weighted by Crippen LogP contribution is -2.24. The van der Waals surface area contributed by atoms with E-state index in [-0.39, 0.29) is 12.4 Å². The number of ether oxygens (including phenoxy) is 1. The van der Waals surface area contributed by atoms with Gasteiger partial charge in [0, 0.05) is 12.5 Å². The molecule has 0 aliphatic carbocycles. The van der Waals surface area contributed by atoms with E-state index in [2.05, 4.69) is 28.4 Å². The summed E-state index contributed by atoms with van der Waals surface area (Å²) >= 11 is 0. The molecule has 0 fully saturated rings. The fourth-order valence-electron chi connectivity index (χ4n) is 1.81. The minimum absolute atomic E-state index is 0. The molecule has 0 spiro atoms. The molecular formula is C15H22ClN3O2. The van der Waals surface area contributed by atoms with Crippen LogP contribution in [-0.4, -0.2) is 23.2 Å². The van der Waals surface area contributed by atoms with Crippen molar-refractivity contribution in [2.75, 3.05) is 7.05 Å². The van der Waals surface area contributed by atoms with E-state index in [0.29, 0.717) is 24.4 Å². The smallest absolute Gasteiger partial charge is 0.264 e. The summed E-state index contributed by atoms with van der Waals surface area (Å²) in [5, 5.41) is 7.09. The maximum Gasteiger partial charge on any atom is 0.264 e. The van der Waals surface area contributed by atoms with Gasteiger partial charge in [0.25, 0.3) is 5.89 Å². The van der Waals surface area contributed by atoms with Crippen LogP contribution in [0.1, 0.15) is 29.8 Å². The lowest BCUT2D eigenvalue weighted by molar-refractivity contribution is 0.241. The molecular weight excluding hydrogens is 290 g/mol. The topological polar surface area (TPSA) is 60.2 Å². The second-order valence-corrected chi connectivity index (χ2v) is 5.06. The van der Waals surface area contributed by atoms with E-state index in [1.807, 2.05) is 33.0 Å². The number of aromatic nitrogens is 2. The highest BCUT2D eigenvalue weighted by atomic mass is 35.5. The highest BCUT2D eigenvalue weighted by molar-refractivity contribution is 5.85. The first-order chi connectivity index (χ1) is 9.58. The summed E-state index contributed by atoms with van der Waals surface area (Å²) in [5.41, 5.74) is 2.26. The van der Waals surface area contributed by atoms with E-state index in [1.165, 1.54) is 5.56 Å². The van der Waals surface area contributed by atoms with Gasteiger partial charge in [0.1, 0.15) is 5.75 Å². The largest absolute Gasteiger partial charge is 0.483 e. The van der Waals surface area contributed by atoms with Crippen molar-refractivity contribution >= 4 is 12.4 Å². The Morgan fingerprint density at radius 1 is 1.33 bits per heavy atom. The van der Waals surface area contributed by atoms with E-state index in [1.54, 1.807) is 0 Å². The van der Waals surface area contributed by atoms with Crippen molar-refractivity contribution in [2.45, 2.75) is 39.8 Å². The van der Waals surface area contributed by atoms with E-state index >= 15 is 0 Å². The monoisotopic (exact) mass is 311 g/mol. The molecule has 0 saturated carbocycles. The molecule has 1 N–H and O–H groups in total. The van der Waals surface area contributed by atoms with Gasteiger partial charge in [0.2, 0.25) is 0 Å². The van der Waals surface area contributed by atoms with Crippen LogP contribution in [0.25, 0.3) is 0 Å². The van der Waals surface area contributed by atoms with Crippen LogP contribution in [-0.2, 0) is 13.0 Å². The fourth-order valence-corrected chi connectivity index (χ4v) is 1.81. The predicted octanol–water partition coefficient (Wildman–Crippen LogP) is 2.84. The molecule has 5 nitrogen and oxygen atoms in total. The Kier molecular flexibility index (Phi) is 6.65. The lowest BCUT2D eigenvalue weighted by atomic mass is 10.1. The standard InChI is InChI=1S/C15H21N3O2.ClH/c1-10-5-6-11(2)13(7-10)19-9-15-17-14(18-20-15)8-12(3)16-4;/h5-7,12,16H,8-9H2,1-4H3;1H. The average Bonchev–Trinajstić information content (AvgIpc) is 2.87. The number of likely N-dealkylation sites (N-methyl/N-ethyl adjacent to an activating group) is 1. The summed E-state index contributed by atoms with van der Waals surface area (Å²) < 4.78 is 10.9. The van der Waals surface area contributed by atoms with Crippen LogP contribution in [0.2, 0.25) is 0 Å². The molecule has 1 atom stereocenters. The number of halogens is 1. The molecule has 21 heavy (non-hydrogen) atoms. The van der Waals surface area contributed by atoms with Crippen LogP contribution in [0.5, 0.6) is 5.75 Å². The van der Waals surface area contributed by atoms with Gasteiger partial charge in [0.15, 0.2) is 12.4 Å². The second-order valence-electron chi connectivity index (χ2n) is 5.06. The second kappa shape index (κ2) is 8.00. The van der Waals surface area contributed by atoms with Crippen LogP contribution < -0.4 is 10.1 Å². The van der Waals surface area contributed by atoms with Gasteiger partial charge in [-0.2, -0.15) is 4.98 Å². The van der Waals surface area contributed by atoms with Crippen molar-refractivity contribution in [3.8, 4) is 5.75 Å². The van der Waals surface area contributed by atoms with Gasteiger partial charge in [-0.1, -0.05) is 17.3 Å². The van der Waals surface area contributed by atoms with Crippen molar-refractivity contribution in [1.82, 2.24) is 15.5 Å². The minimum Gasteiger partial charge on any atom is -0.483 e.